The maximum atomic E-state index is 12.4. The highest BCUT2D eigenvalue weighted by atomic mass is 16.5. The van der Waals surface area contributed by atoms with Crippen molar-refractivity contribution in [2.45, 2.75) is 51.6 Å². The maximum Gasteiger partial charge on any atom is 0.338 e. The Morgan fingerprint density at radius 1 is 1.07 bits per heavy atom. The van der Waals surface area contributed by atoms with E-state index in [0.717, 1.165) is 32.1 Å². The molecule has 1 saturated carbocycles. The van der Waals surface area contributed by atoms with Crippen molar-refractivity contribution in [1.29, 1.82) is 0 Å². The largest absolute Gasteiger partial charge is 0.482 e. The molecule has 2 aromatic rings. The standard InChI is InChI=1S/C23H28N2O4/c1-2-16-8-11-18(12-9-16)25-22(26)15-28-21-14-17(10-13-20(21)24)23(27)29-19-6-4-3-5-7-19/h8-14,19H,2-7,15,24H2,1H3,(H,25,26). The van der Waals surface area contributed by atoms with Crippen LogP contribution in [-0.4, -0.2) is 24.6 Å². The zero-order chi connectivity index (χ0) is 20.6. The van der Waals surface area contributed by atoms with E-state index in [1.807, 2.05) is 24.3 Å². The van der Waals surface area contributed by atoms with E-state index >= 15 is 0 Å². The molecule has 0 bridgehead atoms. The summed E-state index contributed by atoms with van der Waals surface area (Å²) in [6.07, 6.45) is 6.10. The zero-order valence-corrected chi connectivity index (χ0v) is 16.8. The fraction of sp³-hybridized carbons (Fsp3) is 0.391. The smallest absolute Gasteiger partial charge is 0.338 e. The molecule has 3 N–H and O–H groups in total. The van der Waals surface area contributed by atoms with Gasteiger partial charge in [-0.25, -0.2) is 4.79 Å². The number of nitrogen functional groups attached to an aromatic ring is 1. The first kappa shape index (κ1) is 20.7. The van der Waals surface area contributed by atoms with Crippen LogP contribution < -0.4 is 15.8 Å². The van der Waals surface area contributed by atoms with Crippen molar-refractivity contribution in [3.05, 3.63) is 53.6 Å². The monoisotopic (exact) mass is 396 g/mol. The number of hydrogen-bond acceptors (Lipinski definition) is 5. The molecule has 0 saturated heterocycles. The van der Waals surface area contributed by atoms with Crippen LogP contribution in [-0.2, 0) is 16.0 Å². The summed E-state index contributed by atoms with van der Waals surface area (Å²) in [7, 11) is 0. The van der Waals surface area contributed by atoms with Gasteiger partial charge in [-0.05, 0) is 68.0 Å². The molecule has 1 aliphatic rings. The van der Waals surface area contributed by atoms with Crippen LogP contribution in [0, 0.1) is 0 Å². The number of carbonyl (C=O) groups is 2. The van der Waals surface area contributed by atoms with Crippen molar-refractivity contribution < 1.29 is 19.1 Å². The van der Waals surface area contributed by atoms with Gasteiger partial charge in [-0.3, -0.25) is 4.79 Å². The number of amides is 1. The summed E-state index contributed by atoms with van der Waals surface area (Å²) in [5.41, 5.74) is 8.57. The average Bonchev–Trinajstić information content (AvgIpc) is 2.74. The second-order valence-corrected chi connectivity index (χ2v) is 7.31. The highest BCUT2D eigenvalue weighted by Crippen LogP contribution is 2.25. The van der Waals surface area contributed by atoms with E-state index in [4.69, 9.17) is 15.2 Å². The Kier molecular flexibility index (Phi) is 7.11. The lowest BCUT2D eigenvalue weighted by atomic mass is 9.98. The molecule has 29 heavy (non-hydrogen) atoms. The molecule has 1 fully saturated rings. The van der Waals surface area contributed by atoms with Crippen LogP contribution in [0.5, 0.6) is 5.75 Å². The Morgan fingerprint density at radius 3 is 2.48 bits per heavy atom. The van der Waals surface area contributed by atoms with Crippen molar-refractivity contribution in [1.82, 2.24) is 0 Å². The molecule has 1 aliphatic carbocycles. The third-order valence-corrected chi connectivity index (χ3v) is 5.08. The molecule has 0 aliphatic heterocycles. The second-order valence-electron chi connectivity index (χ2n) is 7.31. The first-order valence-corrected chi connectivity index (χ1v) is 10.2. The zero-order valence-electron chi connectivity index (χ0n) is 16.8. The molecule has 0 unspecified atom stereocenters. The van der Waals surface area contributed by atoms with Crippen LogP contribution in [0.3, 0.4) is 0 Å². The number of hydrogen-bond donors (Lipinski definition) is 2. The van der Waals surface area contributed by atoms with Gasteiger partial charge in [-0.2, -0.15) is 0 Å². The fourth-order valence-electron chi connectivity index (χ4n) is 3.35. The van der Waals surface area contributed by atoms with E-state index in [0.29, 0.717) is 22.7 Å². The molecule has 0 atom stereocenters. The van der Waals surface area contributed by atoms with Gasteiger partial charge in [0.05, 0.1) is 11.3 Å². The van der Waals surface area contributed by atoms with Crippen LogP contribution >= 0.6 is 0 Å². The van der Waals surface area contributed by atoms with Gasteiger partial charge in [0.25, 0.3) is 5.91 Å². The minimum atomic E-state index is -0.387. The van der Waals surface area contributed by atoms with Gasteiger partial charge in [-0.15, -0.1) is 0 Å². The summed E-state index contributed by atoms with van der Waals surface area (Å²) in [6, 6.07) is 12.4. The molecular weight excluding hydrogens is 368 g/mol. The van der Waals surface area contributed by atoms with Crippen LogP contribution in [0.2, 0.25) is 0 Å². The molecule has 6 nitrogen and oxygen atoms in total. The average molecular weight is 396 g/mol. The SMILES string of the molecule is CCc1ccc(NC(=O)COc2cc(C(=O)OC3CCCCC3)ccc2N)cc1. The van der Waals surface area contributed by atoms with Crippen molar-refractivity contribution in [2.75, 3.05) is 17.7 Å². The van der Waals surface area contributed by atoms with Crippen molar-refractivity contribution in [3.8, 4) is 5.75 Å². The number of carbonyl (C=O) groups excluding carboxylic acids is 2. The Labute approximate surface area is 171 Å². The number of benzene rings is 2. The van der Waals surface area contributed by atoms with Crippen molar-refractivity contribution in [2.24, 2.45) is 0 Å². The highest BCUT2D eigenvalue weighted by Gasteiger charge is 2.19. The van der Waals surface area contributed by atoms with Gasteiger partial charge in [0.1, 0.15) is 11.9 Å². The molecule has 0 heterocycles. The van der Waals surface area contributed by atoms with Gasteiger partial charge in [0.15, 0.2) is 6.61 Å². The highest BCUT2D eigenvalue weighted by molar-refractivity contribution is 5.92. The van der Waals surface area contributed by atoms with E-state index in [1.54, 1.807) is 12.1 Å². The molecule has 6 heteroatoms. The van der Waals surface area contributed by atoms with E-state index in [1.165, 1.54) is 18.1 Å². The molecule has 3 rings (SSSR count). The summed E-state index contributed by atoms with van der Waals surface area (Å²) >= 11 is 0. The first-order valence-electron chi connectivity index (χ1n) is 10.2. The molecule has 154 valence electrons. The fourth-order valence-corrected chi connectivity index (χ4v) is 3.35. The number of nitrogens with two attached hydrogens (primary N) is 1. The minimum Gasteiger partial charge on any atom is -0.482 e. The van der Waals surface area contributed by atoms with Crippen molar-refractivity contribution >= 4 is 23.3 Å². The van der Waals surface area contributed by atoms with Gasteiger partial charge in [-0.1, -0.05) is 25.5 Å². The topological polar surface area (TPSA) is 90.6 Å². The number of nitrogens with one attached hydrogen (secondary N) is 1. The van der Waals surface area contributed by atoms with Gasteiger partial charge in [0.2, 0.25) is 0 Å². The summed E-state index contributed by atoms with van der Waals surface area (Å²) < 4.78 is 11.1. The lowest BCUT2D eigenvalue weighted by molar-refractivity contribution is -0.118. The molecule has 2 aromatic carbocycles. The van der Waals surface area contributed by atoms with Crippen LogP contribution in [0.1, 0.15) is 54.9 Å². The lowest BCUT2D eigenvalue weighted by Crippen LogP contribution is -2.22. The van der Waals surface area contributed by atoms with Gasteiger partial charge in [0, 0.05) is 5.69 Å². The van der Waals surface area contributed by atoms with E-state index in [-0.39, 0.29) is 24.6 Å². The van der Waals surface area contributed by atoms with Crippen LogP contribution in [0.25, 0.3) is 0 Å². The quantitative estimate of drug-likeness (QED) is 0.537. The summed E-state index contributed by atoms with van der Waals surface area (Å²) in [4.78, 5) is 24.6. The lowest BCUT2D eigenvalue weighted by Gasteiger charge is -2.22. The van der Waals surface area contributed by atoms with Gasteiger partial charge < -0.3 is 20.5 Å². The third kappa shape index (κ3) is 5.98. The Bertz CT molecular complexity index is 842. The van der Waals surface area contributed by atoms with E-state index in [2.05, 4.69) is 12.2 Å². The van der Waals surface area contributed by atoms with E-state index in [9.17, 15) is 9.59 Å². The predicted molar refractivity (Wildman–Crippen MR) is 113 cm³/mol. The van der Waals surface area contributed by atoms with Crippen molar-refractivity contribution in [3.63, 3.8) is 0 Å². The molecule has 0 aromatic heterocycles. The molecule has 0 radical (unpaired) electrons. The van der Waals surface area contributed by atoms with Crippen LogP contribution in [0.4, 0.5) is 11.4 Å². The van der Waals surface area contributed by atoms with Gasteiger partial charge >= 0.3 is 5.97 Å². The number of aryl methyl sites for hydroxylation is 1. The third-order valence-electron chi connectivity index (χ3n) is 5.08. The number of rotatable bonds is 7. The summed E-state index contributed by atoms with van der Waals surface area (Å²) in [5, 5.41) is 2.78. The Balaban J connectivity index is 1.56. The number of esters is 1. The Hall–Kier alpha value is -3.02. The van der Waals surface area contributed by atoms with E-state index < -0.39 is 0 Å². The minimum absolute atomic E-state index is 0.0250. The molecule has 1 amide bonds. The molecule has 0 spiro atoms. The maximum absolute atomic E-state index is 12.4. The number of anilines is 2. The summed E-state index contributed by atoms with van der Waals surface area (Å²) in [6.45, 7) is 1.87. The second kappa shape index (κ2) is 9.96. The predicted octanol–water partition coefficient (Wildman–Crippen LogP) is 4.34. The molecular formula is C23H28N2O4. The van der Waals surface area contributed by atoms with Crippen LogP contribution in [0.15, 0.2) is 42.5 Å². The normalized spacial score (nSPS) is 14.2. The number of ether oxygens (including phenoxy) is 2. The Morgan fingerprint density at radius 2 is 1.79 bits per heavy atom. The summed E-state index contributed by atoms with van der Waals surface area (Å²) in [5.74, 6) is -0.398. The first-order chi connectivity index (χ1) is 14.0.